The van der Waals surface area contributed by atoms with Crippen LogP contribution in [0.15, 0.2) is 35.3 Å². The Hall–Kier alpha value is -0.940. The maximum Gasteiger partial charge on any atom is 0.191 e. The lowest BCUT2D eigenvalue weighted by molar-refractivity contribution is 0.0220. The number of hydrogen-bond donors (Lipinski definition) is 2. The van der Waals surface area contributed by atoms with Crippen LogP contribution in [0.2, 0.25) is 0 Å². The SMILES string of the molecule is CCNC(=NCC(C)N1CCOCC1)NCCCCN1CCN(Cc2ccccc2)CC1.I. The maximum atomic E-state index is 5.46. The summed E-state index contributed by atoms with van der Waals surface area (Å²) in [5.41, 5.74) is 1.42. The van der Waals surface area contributed by atoms with Crippen molar-refractivity contribution >= 4 is 29.9 Å². The fraction of sp³-hybridized carbons (Fsp3) is 0.720. The Balaban J connectivity index is 0.00000385. The van der Waals surface area contributed by atoms with E-state index in [2.05, 4.69) is 69.5 Å². The Morgan fingerprint density at radius 2 is 1.67 bits per heavy atom. The van der Waals surface area contributed by atoms with Gasteiger partial charge in [-0.25, -0.2) is 0 Å². The van der Waals surface area contributed by atoms with E-state index < -0.39 is 0 Å². The van der Waals surface area contributed by atoms with Crippen molar-refractivity contribution in [1.29, 1.82) is 0 Å². The summed E-state index contributed by atoms with van der Waals surface area (Å²) in [6, 6.07) is 11.3. The molecule has 0 aliphatic carbocycles. The van der Waals surface area contributed by atoms with Gasteiger partial charge >= 0.3 is 0 Å². The number of guanidine groups is 1. The Bertz CT molecular complexity index is 648. The van der Waals surface area contributed by atoms with Gasteiger partial charge in [0.1, 0.15) is 0 Å². The number of unbranched alkanes of at least 4 members (excludes halogenated alkanes) is 1. The molecule has 1 atom stereocenters. The first-order chi connectivity index (χ1) is 15.7. The van der Waals surface area contributed by atoms with Gasteiger partial charge in [0, 0.05) is 64.9 Å². The topological polar surface area (TPSA) is 55.4 Å². The van der Waals surface area contributed by atoms with Gasteiger partial charge in [0.05, 0.1) is 19.8 Å². The van der Waals surface area contributed by atoms with Crippen molar-refractivity contribution in [2.75, 3.05) is 78.7 Å². The van der Waals surface area contributed by atoms with Crippen LogP contribution in [0.3, 0.4) is 0 Å². The van der Waals surface area contributed by atoms with Crippen LogP contribution in [-0.4, -0.2) is 105 Å². The molecule has 8 heteroatoms. The third-order valence-corrected chi connectivity index (χ3v) is 6.43. The number of morpholine rings is 1. The van der Waals surface area contributed by atoms with Gasteiger partial charge in [-0.05, 0) is 38.8 Å². The molecule has 7 nitrogen and oxygen atoms in total. The van der Waals surface area contributed by atoms with Crippen LogP contribution >= 0.6 is 24.0 Å². The van der Waals surface area contributed by atoms with Crippen LogP contribution in [0, 0.1) is 0 Å². The van der Waals surface area contributed by atoms with E-state index in [1.807, 2.05) is 0 Å². The predicted molar refractivity (Wildman–Crippen MR) is 149 cm³/mol. The number of ether oxygens (including phenoxy) is 1. The Labute approximate surface area is 218 Å². The molecule has 0 amide bonds. The third kappa shape index (κ3) is 10.9. The number of rotatable bonds is 11. The molecule has 1 aromatic carbocycles. The first-order valence-electron chi connectivity index (χ1n) is 12.6. The van der Waals surface area contributed by atoms with Gasteiger partial charge in [-0.3, -0.25) is 14.8 Å². The summed E-state index contributed by atoms with van der Waals surface area (Å²) in [6.07, 6.45) is 2.41. The van der Waals surface area contributed by atoms with E-state index in [4.69, 9.17) is 9.73 Å². The van der Waals surface area contributed by atoms with E-state index in [0.29, 0.717) is 6.04 Å². The average molecular weight is 573 g/mol. The van der Waals surface area contributed by atoms with Crippen molar-refractivity contribution in [1.82, 2.24) is 25.3 Å². The fourth-order valence-corrected chi connectivity index (χ4v) is 4.38. The van der Waals surface area contributed by atoms with Gasteiger partial charge in [-0.15, -0.1) is 24.0 Å². The largest absolute Gasteiger partial charge is 0.379 e. The molecule has 2 saturated heterocycles. The van der Waals surface area contributed by atoms with Gasteiger partial charge < -0.3 is 20.3 Å². The van der Waals surface area contributed by atoms with Crippen LogP contribution in [0.4, 0.5) is 0 Å². The van der Waals surface area contributed by atoms with E-state index in [0.717, 1.165) is 58.4 Å². The second-order valence-electron chi connectivity index (χ2n) is 8.95. The second-order valence-corrected chi connectivity index (χ2v) is 8.95. The summed E-state index contributed by atoms with van der Waals surface area (Å²) in [4.78, 5) is 12.5. The molecule has 2 aliphatic heterocycles. The van der Waals surface area contributed by atoms with Crippen LogP contribution in [0.25, 0.3) is 0 Å². The minimum atomic E-state index is 0. The van der Waals surface area contributed by atoms with E-state index >= 15 is 0 Å². The summed E-state index contributed by atoms with van der Waals surface area (Å²) in [5.74, 6) is 0.946. The van der Waals surface area contributed by atoms with Crippen molar-refractivity contribution in [2.24, 2.45) is 4.99 Å². The lowest BCUT2D eigenvalue weighted by Crippen LogP contribution is -2.46. The van der Waals surface area contributed by atoms with Crippen LogP contribution in [0.1, 0.15) is 32.3 Å². The fourth-order valence-electron chi connectivity index (χ4n) is 4.38. The lowest BCUT2D eigenvalue weighted by atomic mass is 10.2. The van der Waals surface area contributed by atoms with E-state index in [1.54, 1.807) is 0 Å². The summed E-state index contributed by atoms with van der Waals surface area (Å²) in [6.45, 7) is 17.8. The zero-order valence-corrected chi connectivity index (χ0v) is 23.0. The van der Waals surface area contributed by atoms with E-state index in [9.17, 15) is 0 Å². The van der Waals surface area contributed by atoms with Crippen LogP contribution in [-0.2, 0) is 11.3 Å². The molecule has 2 fully saturated rings. The standard InChI is InChI=1S/C25H44N6O.HI/c1-3-26-25(28-21-23(2)31-17-19-32-20-18-31)27-11-7-8-12-29-13-15-30(16-14-29)22-24-9-5-4-6-10-24;/h4-6,9-10,23H,3,7-8,11-22H2,1-2H3,(H2,26,27,28);1H. The van der Waals surface area contributed by atoms with Gasteiger partial charge in [0.2, 0.25) is 0 Å². The Kier molecular flexibility index (Phi) is 14.3. The lowest BCUT2D eigenvalue weighted by Gasteiger charge is -2.34. The van der Waals surface area contributed by atoms with Crippen molar-refractivity contribution in [3.05, 3.63) is 35.9 Å². The number of nitrogens with one attached hydrogen (secondary N) is 2. The Morgan fingerprint density at radius 1 is 0.970 bits per heavy atom. The smallest absolute Gasteiger partial charge is 0.191 e. The molecule has 0 aromatic heterocycles. The molecule has 2 heterocycles. The molecule has 0 saturated carbocycles. The zero-order chi connectivity index (χ0) is 22.4. The van der Waals surface area contributed by atoms with Gasteiger partial charge in [0.15, 0.2) is 5.96 Å². The number of nitrogens with zero attached hydrogens (tertiary/aromatic N) is 4. The highest BCUT2D eigenvalue weighted by Gasteiger charge is 2.17. The molecule has 0 bridgehead atoms. The average Bonchev–Trinajstić information content (AvgIpc) is 2.84. The molecule has 3 rings (SSSR count). The summed E-state index contributed by atoms with van der Waals surface area (Å²) in [7, 11) is 0. The summed E-state index contributed by atoms with van der Waals surface area (Å²) >= 11 is 0. The second kappa shape index (κ2) is 16.6. The normalized spacial score (nSPS) is 19.6. The van der Waals surface area contributed by atoms with Gasteiger partial charge in [-0.1, -0.05) is 30.3 Å². The molecular weight excluding hydrogens is 527 g/mol. The quantitative estimate of drug-likeness (QED) is 0.184. The minimum Gasteiger partial charge on any atom is -0.379 e. The molecule has 1 aromatic rings. The number of aliphatic imine (C=N–C) groups is 1. The molecule has 0 radical (unpaired) electrons. The van der Waals surface area contributed by atoms with Crippen molar-refractivity contribution in [3.63, 3.8) is 0 Å². The number of halogens is 1. The first-order valence-corrected chi connectivity index (χ1v) is 12.6. The highest BCUT2D eigenvalue weighted by atomic mass is 127. The predicted octanol–water partition coefficient (Wildman–Crippen LogP) is 2.48. The minimum absolute atomic E-state index is 0. The van der Waals surface area contributed by atoms with Crippen molar-refractivity contribution in [2.45, 2.75) is 39.3 Å². The van der Waals surface area contributed by atoms with Crippen molar-refractivity contribution in [3.8, 4) is 0 Å². The highest BCUT2D eigenvalue weighted by Crippen LogP contribution is 2.09. The van der Waals surface area contributed by atoms with Gasteiger partial charge in [-0.2, -0.15) is 0 Å². The van der Waals surface area contributed by atoms with Crippen LogP contribution in [0.5, 0.6) is 0 Å². The van der Waals surface area contributed by atoms with Crippen molar-refractivity contribution < 1.29 is 4.74 Å². The number of hydrogen-bond acceptors (Lipinski definition) is 5. The zero-order valence-electron chi connectivity index (χ0n) is 20.7. The first kappa shape index (κ1) is 28.3. The third-order valence-electron chi connectivity index (χ3n) is 6.43. The molecule has 0 spiro atoms. The maximum absolute atomic E-state index is 5.46. The molecule has 188 valence electrons. The van der Waals surface area contributed by atoms with Gasteiger partial charge in [0.25, 0.3) is 0 Å². The molecule has 1 unspecified atom stereocenters. The highest BCUT2D eigenvalue weighted by molar-refractivity contribution is 14.0. The molecule has 33 heavy (non-hydrogen) atoms. The molecule has 2 aliphatic rings. The number of piperazine rings is 1. The molecule has 2 N–H and O–H groups in total. The summed E-state index contributed by atoms with van der Waals surface area (Å²) in [5, 5.41) is 6.91. The Morgan fingerprint density at radius 3 is 2.36 bits per heavy atom. The molecular formula is C25H45IN6O. The van der Waals surface area contributed by atoms with E-state index in [1.165, 1.54) is 51.1 Å². The van der Waals surface area contributed by atoms with E-state index in [-0.39, 0.29) is 24.0 Å². The number of benzene rings is 1. The van der Waals surface area contributed by atoms with Crippen LogP contribution < -0.4 is 10.6 Å². The monoisotopic (exact) mass is 572 g/mol. The summed E-state index contributed by atoms with van der Waals surface area (Å²) < 4.78 is 5.46.